The molecule has 1 aliphatic heterocycles. The van der Waals surface area contributed by atoms with E-state index >= 15 is 0 Å². The first-order chi connectivity index (χ1) is 8.28. The van der Waals surface area contributed by atoms with Crippen molar-refractivity contribution < 1.29 is 4.74 Å². The predicted octanol–water partition coefficient (Wildman–Crippen LogP) is 4.31. The smallest absolute Gasteiger partial charge is 0.0579 e. The van der Waals surface area contributed by atoms with Crippen LogP contribution in [0.15, 0.2) is 24.3 Å². The van der Waals surface area contributed by atoms with Gasteiger partial charge in [0.25, 0.3) is 0 Å². The second-order valence-corrected chi connectivity index (χ2v) is 5.47. The summed E-state index contributed by atoms with van der Waals surface area (Å²) >= 11 is 11.9. The zero-order valence-electron chi connectivity index (χ0n) is 9.87. The van der Waals surface area contributed by atoms with Crippen molar-refractivity contribution in [3.63, 3.8) is 0 Å². The average Bonchev–Trinajstić information content (AvgIpc) is 2.84. The Morgan fingerprint density at radius 2 is 2.06 bits per heavy atom. The van der Waals surface area contributed by atoms with Gasteiger partial charge < -0.3 is 4.74 Å². The summed E-state index contributed by atoms with van der Waals surface area (Å²) in [6, 6.07) is 8.04. The van der Waals surface area contributed by atoms with E-state index in [0.29, 0.717) is 17.9 Å². The molecule has 3 heteroatoms. The molecule has 1 aliphatic rings. The molecule has 0 spiro atoms. The molecule has 94 valence electrons. The minimum absolute atomic E-state index is 0.422. The van der Waals surface area contributed by atoms with Gasteiger partial charge in [-0.2, -0.15) is 0 Å². The molecular formula is C14H18Cl2O. The van der Waals surface area contributed by atoms with Crippen molar-refractivity contribution in [1.82, 2.24) is 0 Å². The van der Waals surface area contributed by atoms with Crippen LogP contribution in [0.4, 0.5) is 0 Å². The standard InChI is InChI=1S/C14H18Cl2O/c15-10-12(9-14-2-1-7-17-14)8-11-3-5-13(16)6-4-11/h3-6,12,14H,1-2,7-10H2. The highest BCUT2D eigenvalue weighted by Crippen LogP contribution is 2.23. The van der Waals surface area contributed by atoms with Crippen LogP contribution in [0.25, 0.3) is 0 Å². The van der Waals surface area contributed by atoms with Gasteiger partial charge in [-0.15, -0.1) is 11.6 Å². The quantitative estimate of drug-likeness (QED) is 0.726. The molecule has 0 aliphatic carbocycles. The molecule has 17 heavy (non-hydrogen) atoms. The summed E-state index contributed by atoms with van der Waals surface area (Å²) < 4.78 is 5.66. The average molecular weight is 273 g/mol. The molecule has 0 bridgehead atoms. The fourth-order valence-electron chi connectivity index (χ4n) is 2.36. The predicted molar refractivity (Wildman–Crippen MR) is 73.0 cm³/mol. The van der Waals surface area contributed by atoms with E-state index in [-0.39, 0.29) is 0 Å². The molecule has 2 rings (SSSR count). The Kier molecular flexibility index (Phi) is 5.15. The molecule has 2 atom stereocenters. The van der Waals surface area contributed by atoms with E-state index < -0.39 is 0 Å². The van der Waals surface area contributed by atoms with Crippen molar-refractivity contribution in [3.8, 4) is 0 Å². The number of alkyl halides is 1. The Hall–Kier alpha value is -0.240. The molecule has 1 aromatic carbocycles. The van der Waals surface area contributed by atoms with Crippen LogP contribution in [0.2, 0.25) is 5.02 Å². The van der Waals surface area contributed by atoms with Gasteiger partial charge in [0.15, 0.2) is 0 Å². The van der Waals surface area contributed by atoms with Crippen molar-refractivity contribution in [1.29, 1.82) is 0 Å². The monoisotopic (exact) mass is 272 g/mol. The molecule has 0 saturated carbocycles. The van der Waals surface area contributed by atoms with Crippen LogP contribution in [0.5, 0.6) is 0 Å². The van der Waals surface area contributed by atoms with Crippen molar-refractivity contribution in [3.05, 3.63) is 34.9 Å². The third kappa shape index (κ3) is 4.17. The molecule has 2 unspecified atom stereocenters. The second kappa shape index (κ2) is 6.63. The van der Waals surface area contributed by atoms with Gasteiger partial charge >= 0.3 is 0 Å². The van der Waals surface area contributed by atoms with Crippen LogP contribution in [0, 0.1) is 5.92 Å². The van der Waals surface area contributed by atoms with E-state index in [1.165, 1.54) is 18.4 Å². The first kappa shape index (κ1) is 13.2. The number of ether oxygens (including phenoxy) is 1. The zero-order valence-corrected chi connectivity index (χ0v) is 11.4. The molecule has 1 heterocycles. The lowest BCUT2D eigenvalue weighted by Gasteiger charge is -2.18. The zero-order chi connectivity index (χ0) is 12.1. The molecule has 0 N–H and O–H groups in total. The van der Waals surface area contributed by atoms with Crippen LogP contribution in [0.1, 0.15) is 24.8 Å². The Balaban J connectivity index is 1.87. The fraction of sp³-hybridized carbons (Fsp3) is 0.571. The molecule has 0 radical (unpaired) electrons. The van der Waals surface area contributed by atoms with E-state index in [9.17, 15) is 0 Å². The maximum absolute atomic E-state index is 6.05. The van der Waals surface area contributed by atoms with Gasteiger partial charge in [-0.3, -0.25) is 0 Å². The first-order valence-corrected chi connectivity index (χ1v) is 7.11. The van der Waals surface area contributed by atoms with E-state index in [1.54, 1.807) is 0 Å². The number of hydrogen-bond donors (Lipinski definition) is 0. The molecular weight excluding hydrogens is 255 g/mol. The van der Waals surface area contributed by atoms with Gasteiger partial charge in [0, 0.05) is 17.5 Å². The lowest BCUT2D eigenvalue weighted by Crippen LogP contribution is -2.16. The SMILES string of the molecule is ClCC(Cc1ccc(Cl)cc1)CC1CCCO1. The topological polar surface area (TPSA) is 9.23 Å². The van der Waals surface area contributed by atoms with Crippen molar-refractivity contribution in [2.24, 2.45) is 5.92 Å². The molecule has 0 amide bonds. The Bertz CT molecular complexity index is 331. The lowest BCUT2D eigenvalue weighted by atomic mass is 9.94. The van der Waals surface area contributed by atoms with Crippen LogP contribution in [-0.4, -0.2) is 18.6 Å². The van der Waals surface area contributed by atoms with Crippen LogP contribution in [0.3, 0.4) is 0 Å². The summed E-state index contributed by atoms with van der Waals surface area (Å²) in [5.74, 6) is 1.20. The molecule has 0 aromatic heterocycles. The minimum atomic E-state index is 0.422. The van der Waals surface area contributed by atoms with Gasteiger partial charge in [0.1, 0.15) is 0 Å². The van der Waals surface area contributed by atoms with Gasteiger partial charge in [0.05, 0.1) is 6.10 Å². The van der Waals surface area contributed by atoms with Gasteiger partial charge in [-0.25, -0.2) is 0 Å². The highest BCUT2D eigenvalue weighted by atomic mass is 35.5. The first-order valence-electron chi connectivity index (χ1n) is 6.20. The lowest BCUT2D eigenvalue weighted by molar-refractivity contribution is 0.0922. The van der Waals surface area contributed by atoms with Gasteiger partial charge in [0.2, 0.25) is 0 Å². The third-order valence-electron chi connectivity index (χ3n) is 3.28. The van der Waals surface area contributed by atoms with Gasteiger partial charge in [-0.1, -0.05) is 23.7 Å². The molecule has 1 saturated heterocycles. The molecule has 1 nitrogen and oxygen atoms in total. The summed E-state index contributed by atoms with van der Waals surface area (Å²) in [5.41, 5.74) is 1.30. The summed E-state index contributed by atoms with van der Waals surface area (Å²) in [6.45, 7) is 0.917. The highest BCUT2D eigenvalue weighted by molar-refractivity contribution is 6.30. The van der Waals surface area contributed by atoms with Crippen LogP contribution in [-0.2, 0) is 11.2 Å². The third-order valence-corrected chi connectivity index (χ3v) is 3.96. The largest absolute Gasteiger partial charge is 0.378 e. The summed E-state index contributed by atoms with van der Waals surface area (Å²) in [6.07, 6.45) is 4.90. The normalized spacial score (nSPS) is 21.6. The van der Waals surface area contributed by atoms with Crippen LogP contribution < -0.4 is 0 Å². The Morgan fingerprint density at radius 1 is 1.29 bits per heavy atom. The maximum atomic E-state index is 6.05. The van der Waals surface area contributed by atoms with E-state index in [1.807, 2.05) is 12.1 Å². The van der Waals surface area contributed by atoms with Gasteiger partial charge in [-0.05, 0) is 49.3 Å². The Morgan fingerprint density at radius 3 is 2.65 bits per heavy atom. The fourth-order valence-corrected chi connectivity index (χ4v) is 2.72. The summed E-state index contributed by atoms with van der Waals surface area (Å²) in [4.78, 5) is 0. The van der Waals surface area contributed by atoms with Crippen molar-refractivity contribution >= 4 is 23.2 Å². The summed E-state index contributed by atoms with van der Waals surface area (Å²) in [7, 11) is 0. The van der Waals surface area contributed by atoms with E-state index in [4.69, 9.17) is 27.9 Å². The number of benzene rings is 1. The maximum Gasteiger partial charge on any atom is 0.0579 e. The van der Waals surface area contributed by atoms with E-state index in [2.05, 4.69) is 12.1 Å². The minimum Gasteiger partial charge on any atom is -0.378 e. The van der Waals surface area contributed by atoms with Crippen LogP contribution >= 0.6 is 23.2 Å². The molecule has 1 aromatic rings. The number of rotatable bonds is 5. The van der Waals surface area contributed by atoms with E-state index in [0.717, 1.165) is 24.5 Å². The van der Waals surface area contributed by atoms with Crippen molar-refractivity contribution in [2.45, 2.75) is 31.8 Å². The summed E-state index contributed by atoms with van der Waals surface area (Å²) in [5, 5.41) is 0.787. The second-order valence-electron chi connectivity index (χ2n) is 4.72. The Labute approximate surface area is 113 Å². The number of hydrogen-bond acceptors (Lipinski definition) is 1. The van der Waals surface area contributed by atoms with Crippen molar-refractivity contribution in [2.75, 3.05) is 12.5 Å². The molecule has 1 fully saturated rings. The highest BCUT2D eigenvalue weighted by Gasteiger charge is 2.20. The number of halogens is 2.